The lowest BCUT2D eigenvalue weighted by atomic mass is 10.4. The maximum absolute atomic E-state index is 11.4. The highest BCUT2D eigenvalue weighted by molar-refractivity contribution is 8.13. The van der Waals surface area contributed by atoms with Crippen molar-refractivity contribution in [2.24, 2.45) is 0 Å². The van der Waals surface area contributed by atoms with Gasteiger partial charge in [-0.3, -0.25) is 4.57 Å². The van der Waals surface area contributed by atoms with Crippen LogP contribution in [0.25, 0.3) is 0 Å². The molecule has 1 aromatic rings. The van der Waals surface area contributed by atoms with E-state index >= 15 is 0 Å². The lowest BCUT2D eigenvalue weighted by Gasteiger charge is -2.08. The zero-order valence-electron chi connectivity index (χ0n) is 11.0. The number of hydrogen-bond acceptors (Lipinski definition) is 6. The van der Waals surface area contributed by atoms with E-state index in [0.29, 0.717) is 38.6 Å². The molecule has 0 saturated heterocycles. The van der Waals surface area contributed by atoms with E-state index in [0.717, 1.165) is 6.42 Å². The average molecular weight is 312 g/mol. The summed E-state index contributed by atoms with van der Waals surface area (Å²) in [5, 5.41) is 7.22. The molecule has 0 aromatic carbocycles. The highest BCUT2D eigenvalue weighted by Gasteiger charge is 2.22. The minimum Gasteiger partial charge on any atom is -0.383 e. The van der Waals surface area contributed by atoms with Gasteiger partial charge in [0.05, 0.1) is 13.2 Å². The second-order valence-corrected chi connectivity index (χ2v) is 6.30. The second-order valence-electron chi connectivity index (χ2n) is 3.84. The summed E-state index contributed by atoms with van der Waals surface area (Å²) in [7, 11) is 2.93. The van der Waals surface area contributed by atoms with Gasteiger partial charge in [-0.15, -0.1) is 10.2 Å². The molecule has 0 aliphatic rings. The van der Waals surface area contributed by atoms with Gasteiger partial charge in [0, 0.05) is 37.4 Å². The third-order valence-corrected chi connectivity index (χ3v) is 3.50. The molecular formula is C10H18ClN3O4S. The summed E-state index contributed by atoms with van der Waals surface area (Å²) in [5.74, 6) is 0.521. The van der Waals surface area contributed by atoms with Crippen molar-refractivity contribution in [3.8, 4) is 0 Å². The lowest BCUT2D eigenvalue weighted by molar-refractivity contribution is 0.135. The predicted octanol–water partition coefficient (Wildman–Crippen LogP) is 0.821. The molecule has 110 valence electrons. The van der Waals surface area contributed by atoms with Crippen molar-refractivity contribution in [1.29, 1.82) is 0 Å². The van der Waals surface area contributed by atoms with Gasteiger partial charge in [-0.1, -0.05) is 6.92 Å². The highest BCUT2D eigenvalue weighted by Crippen LogP contribution is 2.14. The Kier molecular flexibility index (Phi) is 6.70. The largest absolute Gasteiger partial charge is 0.383 e. The zero-order chi connectivity index (χ0) is 14.3. The number of aromatic nitrogens is 3. The molecule has 0 fully saturated rings. The van der Waals surface area contributed by atoms with E-state index in [1.807, 2.05) is 6.92 Å². The molecular weight excluding hydrogens is 294 g/mol. The van der Waals surface area contributed by atoms with Crippen LogP contribution in [0.5, 0.6) is 0 Å². The molecule has 0 spiro atoms. The number of methoxy groups -OCH3 is 1. The predicted molar refractivity (Wildman–Crippen MR) is 69.8 cm³/mol. The number of ether oxygens (including phenoxy) is 2. The summed E-state index contributed by atoms with van der Waals surface area (Å²) in [5.41, 5.74) is 0. The Labute approximate surface area is 117 Å². The van der Waals surface area contributed by atoms with Crippen molar-refractivity contribution < 1.29 is 17.9 Å². The van der Waals surface area contributed by atoms with Crippen LogP contribution >= 0.6 is 10.7 Å². The van der Waals surface area contributed by atoms with Gasteiger partial charge in [-0.05, 0) is 6.42 Å². The van der Waals surface area contributed by atoms with Crippen molar-refractivity contribution in [2.75, 3.05) is 26.9 Å². The van der Waals surface area contributed by atoms with Crippen LogP contribution in [0, 0.1) is 0 Å². The summed E-state index contributed by atoms with van der Waals surface area (Å²) >= 11 is 0. The smallest absolute Gasteiger partial charge is 0.296 e. The third-order valence-electron chi connectivity index (χ3n) is 2.35. The molecule has 19 heavy (non-hydrogen) atoms. The molecule has 7 nitrogen and oxygen atoms in total. The fourth-order valence-electron chi connectivity index (χ4n) is 1.50. The first-order valence-corrected chi connectivity index (χ1v) is 8.25. The Morgan fingerprint density at radius 1 is 1.26 bits per heavy atom. The van der Waals surface area contributed by atoms with E-state index in [-0.39, 0.29) is 5.16 Å². The van der Waals surface area contributed by atoms with E-state index in [1.165, 1.54) is 11.7 Å². The van der Waals surface area contributed by atoms with Gasteiger partial charge in [-0.25, -0.2) is 8.42 Å². The number of nitrogens with zero attached hydrogens (tertiary/aromatic N) is 3. The molecule has 0 unspecified atom stereocenters. The average Bonchev–Trinajstić information content (AvgIpc) is 2.75. The van der Waals surface area contributed by atoms with E-state index < -0.39 is 9.05 Å². The molecule has 0 saturated carbocycles. The Bertz CT molecular complexity index is 489. The summed E-state index contributed by atoms with van der Waals surface area (Å²) in [4.78, 5) is 0. The first-order chi connectivity index (χ1) is 9.00. The standard InChI is InChI=1S/C10H18ClN3O4S/c1-3-6-18-7-4-9-12-13-10(19(11,15)16)14(9)5-8-17-2/h3-8H2,1-2H3. The third kappa shape index (κ3) is 5.06. The Balaban J connectivity index is 2.82. The molecule has 1 rings (SSSR count). The van der Waals surface area contributed by atoms with Crippen molar-refractivity contribution >= 4 is 19.7 Å². The van der Waals surface area contributed by atoms with Gasteiger partial charge in [0.25, 0.3) is 14.2 Å². The summed E-state index contributed by atoms with van der Waals surface area (Å²) < 4.78 is 34.5. The Morgan fingerprint density at radius 3 is 2.58 bits per heavy atom. The Hall–Kier alpha value is -0.700. The maximum Gasteiger partial charge on any atom is 0.296 e. The van der Waals surface area contributed by atoms with Crippen LogP contribution in [-0.4, -0.2) is 50.1 Å². The van der Waals surface area contributed by atoms with E-state index in [2.05, 4.69) is 10.2 Å². The van der Waals surface area contributed by atoms with E-state index in [9.17, 15) is 8.42 Å². The SMILES string of the molecule is CCCOCCc1nnc(S(=O)(=O)Cl)n1CCOC. The molecule has 0 N–H and O–H groups in total. The number of halogens is 1. The molecule has 1 aromatic heterocycles. The Morgan fingerprint density at radius 2 is 2.00 bits per heavy atom. The van der Waals surface area contributed by atoms with Gasteiger partial charge in [0.1, 0.15) is 5.82 Å². The molecule has 0 aliphatic carbocycles. The van der Waals surface area contributed by atoms with Crippen LogP contribution in [0.3, 0.4) is 0 Å². The minimum absolute atomic E-state index is 0.253. The van der Waals surface area contributed by atoms with Gasteiger partial charge in [-0.2, -0.15) is 0 Å². The highest BCUT2D eigenvalue weighted by atomic mass is 35.7. The molecule has 9 heteroatoms. The minimum atomic E-state index is -3.91. The van der Waals surface area contributed by atoms with Gasteiger partial charge >= 0.3 is 0 Å². The molecule has 0 amide bonds. The topological polar surface area (TPSA) is 83.3 Å². The van der Waals surface area contributed by atoms with Gasteiger partial charge in [0.15, 0.2) is 0 Å². The number of rotatable bonds is 9. The monoisotopic (exact) mass is 311 g/mol. The molecule has 0 bridgehead atoms. The zero-order valence-corrected chi connectivity index (χ0v) is 12.6. The lowest BCUT2D eigenvalue weighted by Crippen LogP contribution is -2.14. The van der Waals surface area contributed by atoms with Crippen LogP contribution in [0.2, 0.25) is 0 Å². The first-order valence-electron chi connectivity index (χ1n) is 5.94. The molecule has 0 atom stereocenters. The fourth-order valence-corrected chi connectivity index (χ4v) is 2.44. The first kappa shape index (κ1) is 16.4. The van der Waals surface area contributed by atoms with Gasteiger partial charge in [0.2, 0.25) is 0 Å². The van der Waals surface area contributed by atoms with Crippen molar-refractivity contribution in [3.05, 3.63) is 5.82 Å². The summed E-state index contributed by atoms with van der Waals surface area (Å²) in [6.07, 6.45) is 1.40. The summed E-state index contributed by atoms with van der Waals surface area (Å²) in [6.45, 7) is 3.81. The number of hydrogen-bond donors (Lipinski definition) is 0. The van der Waals surface area contributed by atoms with Gasteiger partial charge < -0.3 is 9.47 Å². The van der Waals surface area contributed by atoms with Crippen molar-refractivity contribution in [3.63, 3.8) is 0 Å². The summed E-state index contributed by atoms with van der Waals surface area (Å²) in [6, 6.07) is 0. The van der Waals surface area contributed by atoms with Crippen LogP contribution in [0.1, 0.15) is 19.2 Å². The van der Waals surface area contributed by atoms with Crippen LogP contribution in [0.15, 0.2) is 5.16 Å². The van der Waals surface area contributed by atoms with Crippen molar-refractivity contribution in [1.82, 2.24) is 14.8 Å². The maximum atomic E-state index is 11.4. The molecule has 0 aliphatic heterocycles. The fraction of sp³-hybridized carbons (Fsp3) is 0.800. The normalized spacial score (nSPS) is 11.9. The van der Waals surface area contributed by atoms with Crippen LogP contribution < -0.4 is 0 Å². The van der Waals surface area contributed by atoms with E-state index in [1.54, 1.807) is 0 Å². The molecule has 0 radical (unpaired) electrons. The van der Waals surface area contributed by atoms with E-state index in [4.69, 9.17) is 20.2 Å². The van der Waals surface area contributed by atoms with Crippen LogP contribution in [-0.2, 0) is 31.5 Å². The van der Waals surface area contributed by atoms with Crippen molar-refractivity contribution in [2.45, 2.75) is 31.5 Å². The molecule has 1 heterocycles. The second kappa shape index (κ2) is 7.78. The quantitative estimate of drug-likeness (QED) is 0.496. The van der Waals surface area contributed by atoms with Crippen LogP contribution in [0.4, 0.5) is 0 Å².